The molecule has 0 saturated carbocycles. The number of amides is 2. The van der Waals surface area contributed by atoms with Gasteiger partial charge in [0, 0.05) is 32.6 Å². The van der Waals surface area contributed by atoms with Crippen molar-refractivity contribution in [2.24, 2.45) is 0 Å². The van der Waals surface area contributed by atoms with Crippen molar-refractivity contribution in [1.82, 2.24) is 15.5 Å². The smallest absolute Gasteiger partial charge is 0.239 e. The van der Waals surface area contributed by atoms with E-state index in [0.717, 1.165) is 6.54 Å². The van der Waals surface area contributed by atoms with Gasteiger partial charge in [-0.2, -0.15) is 0 Å². The molecule has 1 rings (SSSR count). The third kappa shape index (κ3) is 4.70. The van der Waals surface area contributed by atoms with E-state index in [1.165, 1.54) is 0 Å². The highest BCUT2D eigenvalue weighted by atomic mass is 16.5. The van der Waals surface area contributed by atoms with Gasteiger partial charge in [0.25, 0.3) is 0 Å². The van der Waals surface area contributed by atoms with Crippen molar-refractivity contribution in [2.75, 3.05) is 39.9 Å². The summed E-state index contributed by atoms with van der Waals surface area (Å²) in [5.74, 6) is -0.160. The SMILES string of the molecule is CCN(CC(=O)NC)C(=O)CC1COCCN1. The van der Waals surface area contributed by atoms with Crippen molar-refractivity contribution in [2.45, 2.75) is 19.4 Å². The topological polar surface area (TPSA) is 70.7 Å². The van der Waals surface area contributed by atoms with E-state index in [2.05, 4.69) is 10.6 Å². The highest BCUT2D eigenvalue weighted by Gasteiger charge is 2.21. The molecule has 1 atom stereocenters. The van der Waals surface area contributed by atoms with Crippen molar-refractivity contribution in [1.29, 1.82) is 0 Å². The molecule has 1 saturated heterocycles. The van der Waals surface area contributed by atoms with Crippen molar-refractivity contribution < 1.29 is 14.3 Å². The quantitative estimate of drug-likeness (QED) is 0.647. The van der Waals surface area contributed by atoms with Crippen LogP contribution in [0.5, 0.6) is 0 Å². The van der Waals surface area contributed by atoms with E-state index < -0.39 is 0 Å². The standard InChI is InChI=1S/C11H21N3O3/c1-3-14(7-10(15)12-2)11(16)6-9-8-17-5-4-13-9/h9,13H,3-8H2,1-2H3,(H,12,15). The van der Waals surface area contributed by atoms with Crippen LogP contribution in [-0.2, 0) is 14.3 Å². The van der Waals surface area contributed by atoms with Gasteiger partial charge in [-0.15, -0.1) is 0 Å². The molecule has 0 aromatic heterocycles. The van der Waals surface area contributed by atoms with Gasteiger partial charge in [-0.05, 0) is 6.92 Å². The fraction of sp³-hybridized carbons (Fsp3) is 0.818. The molecule has 1 fully saturated rings. The molecular formula is C11H21N3O3. The maximum absolute atomic E-state index is 11.9. The molecule has 0 bridgehead atoms. The number of ether oxygens (including phenoxy) is 1. The number of hydrogen-bond acceptors (Lipinski definition) is 4. The van der Waals surface area contributed by atoms with Crippen LogP contribution in [0.1, 0.15) is 13.3 Å². The molecule has 6 nitrogen and oxygen atoms in total. The van der Waals surface area contributed by atoms with E-state index in [4.69, 9.17) is 4.74 Å². The van der Waals surface area contributed by atoms with E-state index in [1.807, 2.05) is 6.92 Å². The Morgan fingerprint density at radius 1 is 1.53 bits per heavy atom. The lowest BCUT2D eigenvalue weighted by atomic mass is 10.2. The van der Waals surface area contributed by atoms with Crippen LogP contribution in [0.25, 0.3) is 0 Å². The molecule has 0 aliphatic carbocycles. The molecule has 17 heavy (non-hydrogen) atoms. The van der Waals surface area contributed by atoms with Gasteiger partial charge in [0.15, 0.2) is 0 Å². The summed E-state index contributed by atoms with van der Waals surface area (Å²) in [4.78, 5) is 24.7. The van der Waals surface area contributed by atoms with E-state index in [1.54, 1.807) is 11.9 Å². The zero-order valence-corrected chi connectivity index (χ0v) is 10.5. The van der Waals surface area contributed by atoms with Crippen LogP contribution in [-0.4, -0.2) is 62.7 Å². The number of hydrogen-bond donors (Lipinski definition) is 2. The predicted octanol–water partition coefficient (Wildman–Crippen LogP) is -1.04. The first-order valence-corrected chi connectivity index (χ1v) is 5.96. The molecule has 2 N–H and O–H groups in total. The lowest BCUT2D eigenvalue weighted by Crippen LogP contribution is -2.46. The highest BCUT2D eigenvalue weighted by Crippen LogP contribution is 2.02. The summed E-state index contributed by atoms with van der Waals surface area (Å²) >= 11 is 0. The normalized spacial score (nSPS) is 19.8. The summed E-state index contributed by atoms with van der Waals surface area (Å²) in [6.45, 7) is 4.56. The van der Waals surface area contributed by atoms with Gasteiger partial charge < -0.3 is 20.3 Å². The molecule has 2 amide bonds. The number of morpholine rings is 1. The number of carbonyl (C=O) groups is 2. The minimum Gasteiger partial charge on any atom is -0.378 e. The van der Waals surface area contributed by atoms with Crippen molar-refractivity contribution in [3.63, 3.8) is 0 Å². The summed E-state index contributed by atoms with van der Waals surface area (Å²) in [5.41, 5.74) is 0. The lowest BCUT2D eigenvalue weighted by molar-refractivity contribution is -0.136. The average Bonchev–Trinajstić information content (AvgIpc) is 2.36. The maximum atomic E-state index is 11.9. The first-order valence-electron chi connectivity index (χ1n) is 5.96. The average molecular weight is 243 g/mol. The highest BCUT2D eigenvalue weighted by molar-refractivity contribution is 5.84. The second-order valence-corrected chi connectivity index (χ2v) is 4.01. The van der Waals surface area contributed by atoms with Gasteiger partial charge in [0.1, 0.15) is 0 Å². The van der Waals surface area contributed by atoms with Gasteiger partial charge >= 0.3 is 0 Å². The minimum atomic E-state index is -0.145. The summed E-state index contributed by atoms with van der Waals surface area (Å²) in [6.07, 6.45) is 0.380. The van der Waals surface area contributed by atoms with Gasteiger partial charge in [0.2, 0.25) is 11.8 Å². The van der Waals surface area contributed by atoms with Crippen LogP contribution in [0.2, 0.25) is 0 Å². The second-order valence-electron chi connectivity index (χ2n) is 4.01. The molecule has 0 aromatic rings. The Bertz CT molecular complexity index is 265. The van der Waals surface area contributed by atoms with Crippen LogP contribution in [0.3, 0.4) is 0 Å². The Labute approximate surface area is 102 Å². The Morgan fingerprint density at radius 3 is 2.82 bits per heavy atom. The number of rotatable bonds is 5. The Hall–Kier alpha value is -1.14. The van der Waals surface area contributed by atoms with Gasteiger partial charge in [-0.1, -0.05) is 0 Å². The van der Waals surface area contributed by atoms with Crippen LogP contribution in [0.4, 0.5) is 0 Å². The predicted molar refractivity (Wildman–Crippen MR) is 63.5 cm³/mol. The summed E-state index contributed by atoms with van der Waals surface area (Å²) in [6, 6.07) is 0.0648. The molecule has 1 heterocycles. The summed E-state index contributed by atoms with van der Waals surface area (Å²) in [5, 5.41) is 5.74. The van der Waals surface area contributed by atoms with Crippen LogP contribution >= 0.6 is 0 Å². The van der Waals surface area contributed by atoms with Gasteiger partial charge in [-0.25, -0.2) is 0 Å². The van der Waals surface area contributed by atoms with Crippen LogP contribution < -0.4 is 10.6 Å². The van der Waals surface area contributed by atoms with Gasteiger partial charge in [-0.3, -0.25) is 9.59 Å². The largest absolute Gasteiger partial charge is 0.378 e. The monoisotopic (exact) mass is 243 g/mol. The third-order valence-electron chi connectivity index (χ3n) is 2.77. The summed E-state index contributed by atoms with van der Waals surface area (Å²) in [7, 11) is 1.57. The third-order valence-corrected chi connectivity index (χ3v) is 2.77. The van der Waals surface area contributed by atoms with Crippen LogP contribution in [0.15, 0.2) is 0 Å². The molecule has 1 unspecified atom stereocenters. The first kappa shape index (κ1) is 13.9. The Balaban J connectivity index is 2.39. The minimum absolute atomic E-state index is 0.0147. The number of carbonyl (C=O) groups excluding carboxylic acids is 2. The second kappa shape index (κ2) is 7.24. The Morgan fingerprint density at radius 2 is 2.29 bits per heavy atom. The first-order chi connectivity index (χ1) is 8.17. The van der Waals surface area contributed by atoms with Gasteiger partial charge in [0.05, 0.1) is 19.8 Å². The molecule has 0 aromatic carbocycles. The molecule has 0 radical (unpaired) electrons. The van der Waals surface area contributed by atoms with Crippen molar-refractivity contribution in [3.8, 4) is 0 Å². The molecular weight excluding hydrogens is 222 g/mol. The fourth-order valence-electron chi connectivity index (χ4n) is 1.72. The molecule has 1 aliphatic heterocycles. The van der Waals surface area contributed by atoms with Crippen LogP contribution in [0, 0.1) is 0 Å². The zero-order chi connectivity index (χ0) is 12.7. The van der Waals surface area contributed by atoms with E-state index in [9.17, 15) is 9.59 Å². The number of nitrogens with one attached hydrogen (secondary N) is 2. The zero-order valence-electron chi connectivity index (χ0n) is 10.5. The molecule has 0 spiro atoms. The molecule has 1 aliphatic rings. The van der Waals surface area contributed by atoms with Crippen molar-refractivity contribution in [3.05, 3.63) is 0 Å². The van der Waals surface area contributed by atoms with E-state index in [-0.39, 0.29) is 24.4 Å². The number of nitrogens with zero attached hydrogens (tertiary/aromatic N) is 1. The number of likely N-dealkylation sites (N-methyl/N-ethyl adjacent to an activating group) is 2. The fourth-order valence-corrected chi connectivity index (χ4v) is 1.72. The molecule has 6 heteroatoms. The lowest BCUT2D eigenvalue weighted by Gasteiger charge is -2.26. The maximum Gasteiger partial charge on any atom is 0.239 e. The van der Waals surface area contributed by atoms with Crippen molar-refractivity contribution >= 4 is 11.8 Å². The van der Waals surface area contributed by atoms with E-state index >= 15 is 0 Å². The molecule has 98 valence electrons. The summed E-state index contributed by atoms with van der Waals surface area (Å²) < 4.78 is 5.29. The van der Waals surface area contributed by atoms with E-state index in [0.29, 0.717) is 26.2 Å². The Kier molecular flexibility index (Phi) is 5.93.